The Bertz CT molecular complexity index is 445. The standard InChI is InChI=1S/C11H11F4NO2/c1-6(5-11(13,14)15)16-9-7(10(17)18)3-2-4-8(9)12/h2-4,6,16H,5H2,1H3,(H,17,18). The second-order valence-corrected chi connectivity index (χ2v) is 3.83. The van der Waals surface area contributed by atoms with Gasteiger partial charge < -0.3 is 10.4 Å². The molecule has 1 rings (SSSR count). The third kappa shape index (κ3) is 3.90. The number of alkyl halides is 3. The number of hydrogen-bond donors (Lipinski definition) is 2. The SMILES string of the molecule is CC(CC(F)(F)F)Nc1c(F)cccc1C(=O)O. The van der Waals surface area contributed by atoms with Crippen LogP contribution in [0.2, 0.25) is 0 Å². The molecule has 0 aliphatic heterocycles. The molecular formula is C11H11F4NO2. The molecule has 0 spiro atoms. The summed E-state index contributed by atoms with van der Waals surface area (Å²) >= 11 is 0. The van der Waals surface area contributed by atoms with E-state index in [-0.39, 0.29) is 0 Å². The predicted octanol–water partition coefficient (Wildman–Crippen LogP) is 3.28. The van der Waals surface area contributed by atoms with Crippen molar-refractivity contribution in [1.82, 2.24) is 0 Å². The van der Waals surface area contributed by atoms with Gasteiger partial charge in [0.05, 0.1) is 17.7 Å². The first-order valence-electron chi connectivity index (χ1n) is 5.06. The molecule has 18 heavy (non-hydrogen) atoms. The summed E-state index contributed by atoms with van der Waals surface area (Å²) < 4.78 is 49.8. The van der Waals surface area contributed by atoms with Crippen molar-refractivity contribution < 1.29 is 27.5 Å². The zero-order valence-electron chi connectivity index (χ0n) is 9.38. The van der Waals surface area contributed by atoms with Crippen LogP contribution in [0.25, 0.3) is 0 Å². The molecule has 0 bridgehead atoms. The minimum absolute atomic E-state index is 0.399. The number of carbonyl (C=O) groups is 1. The van der Waals surface area contributed by atoms with Crippen LogP contribution in [0.1, 0.15) is 23.7 Å². The first-order valence-corrected chi connectivity index (χ1v) is 5.06. The highest BCUT2D eigenvalue weighted by Crippen LogP contribution is 2.26. The lowest BCUT2D eigenvalue weighted by molar-refractivity contribution is -0.136. The molecule has 3 nitrogen and oxygen atoms in total. The summed E-state index contributed by atoms with van der Waals surface area (Å²) in [6, 6.07) is 2.15. The summed E-state index contributed by atoms with van der Waals surface area (Å²) in [6.07, 6.45) is -5.58. The van der Waals surface area contributed by atoms with Crippen LogP contribution in [-0.4, -0.2) is 23.3 Å². The molecule has 1 unspecified atom stereocenters. The van der Waals surface area contributed by atoms with E-state index in [0.717, 1.165) is 12.1 Å². The van der Waals surface area contributed by atoms with Gasteiger partial charge in [0.2, 0.25) is 0 Å². The molecule has 1 atom stereocenters. The number of hydrogen-bond acceptors (Lipinski definition) is 2. The lowest BCUT2D eigenvalue weighted by atomic mass is 10.1. The first kappa shape index (κ1) is 14.3. The van der Waals surface area contributed by atoms with Gasteiger partial charge in [0.25, 0.3) is 0 Å². The third-order valence-electron chi connectivity index (χ3n) is 2.17. The van der Waals surface area contributed by atoms with Gasteiger partial charge in [-0.1, -0.05) is 6.07 Å². The predicted molar refractivity (Wildman–Crippen MR) is 57.1 cm³/mol. The van der Waals surface area contributed by atoms with Crippen molar-refractivity contribution in [1.29, 1.82) is 0 Å². The van der Waals surface area contributed by atoms with Crippen LogP contribution in [-0.2, 0) is 0 Å². The van der Waals surface area contributed by atoms with E-state index in [9.17, 15) is 22.4 Å². The smallest absolute Gasteiger partial charge is 0.391 e. The second kappa shape index (κ2) is 5.24. The number of aromatic carboxylic acids is 1. The maximum Gasteiger partial charge on any atom is 0.391 e. The number of nitrogens with one attached hydrogen (secondary N) is 1. The summed E-state index contributed by atoms with van der Waals surface area (Å²) in [4.78, 5) is 10.8. The third-order valence-corrected chi connectivity index (χ3v) is 2.17. The highest BCUT2D eigenvalue weighted by Gasteiger charge is 2.30. The molecule has 2 N–H and O–H groups in total. The van der Waals surface area contributed by atoms with Gasteiger partial charge in [0, 0.05) is 6.04 Å². The summed E-state index contributed by atoms with van der Waals surface area (Å²) in [6.45, 7) is 1.20. The molecular weight excluding hydrogens is 254 g/mol. The molecule has 0 saturated carbocycles. The van der Waals surface area contributed by atoms with Crippen LogP contribution in [0.15, 0.2) is 18.2 Å². The average Bonchev–Trinajstić information content (AvgIpc) is 2.17. The Balaban J connectivity index is 2.93. The van der Waals surface area contributed by atoms with Crippen LogP contribution in [0, 0.1) is 5.82 Å². The summed E-state index contributed by atoms with van der Waals surface area (Å²) in [5, 5.41) is 11.0. The van der Waals surface area contributed by atoms with Crippen molar-refractivity contribution in [2.75, 3.05) is 5.32 Å². The highest BCUT2D eigenvalue weighted by atomic mass is 19.4. The molecule has 0 heterocycles. The maximum absolute atomic E-state index is 13.4. The van der Waals surface area contributed by atoms with Crippen molar-refractivity contribution in [3.8, 4) is 0 Å². The van der Waals surface area contributed by atoms with E-state index in [1.807, 2.05) is 0 Å². The van der Waals surface area contributed by atoms with E-state index < -0.39 is 41.7 Å². The Kier molecular flexibility index (Phi) is 4.15. The van der Waals surface area contributed by atoms with E-state index in [4.69, 9.17) is 5.11 Å². The Hall–Kier alpha value is -1.79. The van der Waals surface area contributed by atoms with Crippen molar-refractivity contribution >= 4 is 11.7 Å². The fourth-order valence-electron chi connectivity index (χ4n) is 1.49. The van der Waals surface area contributed by atoms with Crippen molar-refractivity contribution in [2.45, 2.75) is 25.6 Å². The highest BCUT2D eigenvalue weighted by molar-refractivity contribution is 5.94. The number of anilines is 1. The van der Waals surface area contributed by atoms with Crippen molar-refractivity contribution in [3.63, 3.8) is 0 Å². The number of rotatable bonds is 4. The Morgan fingerprint density at radius 3 is 2.56 bits per heavy atom. The Labute approximate surface area is 100 Å². The molecule has 0 radical (unpaired) electrons. The molecule has 0 saturated heterocycles. The van der Waals surface area contributed by atoms with Gasteiger partial charge in [-0.05, 0) is 19.1 Å². The molecule has 0 aromatic heterocycles. The van der Waals surface area contributed by atoms with Gasteiger partial charge in [0.1, 0.15) is 5.82 Å². The number of carboxylic acids is 1. The van der Waals surface area contributed by atoms with Crippen molar-refractivity contribution in [3.05, 3.63) is 29.6 Å². The molecule has 100 valence electrons. The van der Waals surface area contributed by atoms with Gasteiger partial charge in [0.15, 0.2) is 0 Å². The molecule has 0 aliphatic rings. The zero-order chi connectivity index (χ0) is 13.9. The largest absolute Gasteiger partial charge is 0.478 e. The van der Waals surface area contributed by atoms with E-state index in [2.05, 4.69) is 5.32 Å². The molecule has 7 heteroatoms. The van der Waals surface area contributed by atoms with Gasteiger partial charge >= 0.3 is 12.1 Å². The van der Waals surface area contributed by atoms with Crippen LogP contribution in [0.4, 0.5) is 23.2 Å². The van der Waals surface area contributed by atoms with Crippen LogP contribution in [0.3, 0.4) is 0 Å². The topological polar surface area (TPSA) is 49.3 Å². The van der Waals surface area contributed by atoms with Gasteiger partial charge in [-0.25, -0.2) is 9.18 Å². The molecule has 0 aliphatic carbocycles. The van der Waals surface area contributed by atoms with E-state index >= 15 is 0 Å². The summed E-state index contributed by atoms with van der Waals surface area (Å²) in [5.41, 5.74) is -0.828. The average molecular weight is 265 g/mol. The first-order chi connectivity index (χ1) is 8.20. The lowest BCUT2D eigenvalue weighted by Crippen LogP contribution is -2.25. The van der Waals surface area contributed by atoms with Crippen LogP contribution >= 0.6 is 0 Å². The fraction of sp³-hybridized carbons (Fsp3) is 0.364. The minimum atomic E-state index is -4.40. The number of carboxylic acid groups (broad SMARTS) is 1. The minimum Gasteiger partial charge on any atom is -0.478 e. The fourth-order valence-corrected chi connectivity index (χ4v) is 1.49. The quantitative estimate of drug-likeness (QED) is 0.821. The van der Waals surface area contributed by atoms with Gasteiger partial charge in [-0.2, -0.15) is 13.2 Å². The van der Waals surface area contributed by atoms with Crippen molar-refractivity contribution in [2.24, 2.45) is 0 Å². The normalized spacial score (nSPS) is 13.2. The van der Waals surface area contributed by atoms with Gasteiger partial charge in [-0.3, -0.25) is 0 Å². The van der Waals surface area contributed by atoms with E-state index in [1.54, 1.807) is 0 Å². The number of para-hydroxylation sites is 1. The van der Waals surface area contributed by atoms with E-state index in [1.165, 1.54) is 13.0 Å². The Morgan fingerprint density at radius 2 is 2.06 bits per heavy atom. The molecule has 0 fully saturated rings. The summed E-state index contributed by atoms with van der Waals surface area (Å²) in [5.74, 6) is -2.31. The summed E-state index contributed by atoms with van der Waals surface area (Å²) in [7, 11) is 0. The number of benzene rings is 1. The molecule has 0 amide bonds. The monoisotopic (exact) mass is 265 g/mol. The maximum atomic E-state index is 13.4. The zero-order valence-corrected chi connectivity index (χ0v) is 9.38. The molecule has 1 aromatic rings. The van der Waals surface area contributed by atoms with Crippen LogP contribution in [0.5, 0.6) is 0 Å². The second-order valence-electron chi connectivity index (χ2n) is 3.83. The molecule has 1 aromatic carbocycles. The lowest BCUT2D eigenvalue weighted by Gasteiger charge is -2.18. The number of halogens is 4. The Morgan fingerprint density at radius 1 is 1.44 bits per heavy atom. The van der Waals surface area contributed by atoms with Crippen LogP contribution < -0.4 is 5.32 Å². The van der Waals surface area contributed by atoms with E-state index in [0.29, 0.717) is 0 Å². The van der Waals surface area contributed by atoms with Gasteiger partial charge in [-0.15, -0.1) is 0 Å².